The molecular formula is C12H16BrFN2O. The Bertz CT molecular complexity index is 396. The molecule has 1 unspecified atom stereocenters. The number of benzene rings is 1. The predicted molar refractivity (Wildman–Crippen MR) is 68.8 cm³/mol. The van der Waals surface area contributed by atoms with Gasteiger partial charge >= 0.3 is 0 Å². The van der Waals surface area contributed by atoms with Gasteiger partial charge in [0.2, 0.25) is 5.91 Å². The highest BCUT2D eigenvalue weighted by Crippen LogP contribution is 2.17. The molecule has 0 fully saturated rings. The maximum atomic E-state index is 13.0. The van der Waals surface area contributed by atoms with Gasteiger partial charge in [0.1, 0.15) is 5.82 Å². The summed E-state index contributed by atoms with van der Waals surface area (Å²) in [5.41, 5.74) is 6.28. The van der Waals surface area contributed by atoms with Gasteiger partial charge in [0.25, 0.3) is 0 Å². The summed E-state index contributed by atoms with van der Waals surface area (Å²) in [5, 5.41) is 2.73. The predicted octanol–water partition coefficient (Wildman–Crippen LogP) is 2.33. The molecule has 17 heavy (non-hydrogen) atoms. The van der Waals surface area contributed by atoms with E-state index in [2.05, 4.69) is 21.2 Å². The van der Waals surface area contributed by atoms with E-state index < -0.39 is 0 Å². The maximum Gasteiger partial charge on any atom is 0.220 e. The Balaban J connectivity index is 2.44. The molecule has 0 aromatic heterocycles. The lowest BCUT2D eigenvalue weighted by molar-refractivity contribution is -0.121. The Labute approximate surface area is 109 Å². The molecule has 0 aliphatic rings. The summed E-state index contributed by atoms with van der Waals surface area (Å²) in [5.74, 6) is -0.383. The first-order valence-electron chi connectivity index (χ1n) is 5.45. The zero-order valence-electron chi connectivity index (χ0n) is 9.67. The number of halogens is 2. The number of hydrogen-bond donors (Lipinski definition) is 2. The molecule has 1 aromatic carbocycles. The van der Waals surface area contributed by atoms with Crippen molar-refractivity contribution in [1.29, 1.82) is 0 Å². The van der Waals surface area contributed by atoms with Crippen molar-refractivity contribution in [3.05, 3.63) is 34.1 Å². The van der Waals surface area contributed by atoms with E-state index in [4.69, 9.17) is 5.73 Å². The monoisotopic (exact) mass is 302 g/mol. The highest BCUT2D eigenvalue weighted by molar-refractivity contribution is 9.10. The minimum Gasteiger partial charge on any atom is -0.352 e. The lowest BCUT2D eigenvalue weighted by atomic mass is 10.2. The highest BCUT2D eigenvalue weighted by atomic mass is 79.9. The summed E-state index contributed by atoms with van der Waals surface area (Å²) in [6.07, 6.45) is 1.04. The summed E-state index contributed by atoms with van der Waals surface area (Å²) < 4.78 is 13.8. The van der Waals surface area contributed by atoms with Gasteiger partial charge in [-0.05, 0) is 37.1 Å². The van der Waals surface area contributed by atoms with Crippen LogP contribution in [0.3, 0.4) is 0 Å². The van der Waals surface area contributed by atoms with Gasteiger partial charge in [0.15, 0.2) is 0 Å². The van der Waals surface area contributed by atoms with Crippen molar-refractivity contribution in [1.82, 2.24) is 5.32 Å². The van der Waals surface area contributed by atoms with Gasteiger partial charge in [0.05, 0.1) is 0 Å². The first kappa shape index (κ1) is 14.1. The third-order valence-electron chi connectivity index (χ3n) is 2.31. The average Bonchev–Trinajstić information content (AvgIpc) is 2.27. The third kappa shape index (κ3) is 5.28. The highest BCUT2D eigenvalue weighted by Gasteiger charge is 2.06. The molecule has 94 valence electrons. The zero-order valence-corrected chi connectivity index (χ0v) is 11.3. The fraction of sp³-hybridized carbons (Fsp3) is 0.417. The first-order valence-corrected chi connectivity index (χ1v) is 6.24. The van der Waals surface area contributed by atoms with Gasteiger partial charge < -0.3 is 11.1 Å². The molecule has 0 radical (unpaired) electrons. The van der Waals surface area contributed by atoms with Crippen LogP contribution in [0.15, 0.2) is 22.7 Å². The summed E-state index contributed by atoms with van der Waals surface area (Å²) in [6.45, 7) is 2.17. The van der Waals surface area contributed by atoms with Crippen LogP contribution in [0.1, 0.15) is 25.3 Å². The number of hydrogen-bond acceptors (Lipinski definition) is 2. The van der Waals surface area contributed by atoms with Crippen LogP contribution in [0.5, 0.6) is 0 Å². The lowest BCUT2D eigenvalue weighted by Gasteiger charge is -2.08. The topological polar surface area (TPSA) is 55.1 Å². The van der Waals surface area contributed by atoms with E-state index in [9.17, 15) is 9.18 Å². The van der Waals surface area contributed by atoms with Crippen molar-refractivity contribution in [2.75, 3.05) is 0 Å². The quantitative estimate of drug-likeness (QED) is 0.877. The van der Waals surface area contributed by atoms with Gasteiger partial charge in [-0.1, -0.05) is 15.9 Å². The first-order chi connectivity index (χ1) is 7.99. The Morgan fingerprint density at radius 2 is 2.29 bits per heavy atom. The Hall–Kier alpha value is -0.940. The molecule has 1 atom stereocenters. The standard InChI is InChI=1S/C12H16BrFN2O/c1-8(15)2-5-12(17)16-7-9-6-10(14)3-4-11(9)13/h3-4,6,8H,2,5,7,15H2,1H3,(H,16,17). The van der Waals surface area contributed by atoms with Gasteiger partial charge in [-0.3, -0.25) is 4.79 Å². The second-order valence-corrected chi connectivity index (χ2v) is 4.88. The summed E-state index contributed by atoms with van der Waals surface area (Å²) in [7, 11) is 0. The number of nitrogens with one attached hydrogen (secondary N) is 1. The van der Waals surface area contributed by atoms with Gasteiger partial charge in [-0.2, -0.15) is 0 Å². The fourth-order valence-electron chi connectivity index (χ4n) is 1.32. The van der Waals surface area contributed by atoms with Crippen LogP contribution in [0.2, 0.25) is 0 Å². The SMILES string of the molecule is CC(N)CCC(=O)NCc1cc(F)ccc1Br. The van der Waals surface area contributed by atoms with Crippen LogP contribution < -0.4 is 11.1 Å². The van der Waals surface area contributed by atoms with Gasteiger partial charge in [-0.15, -0.1) is 0 Å². The van der Waals surface area contributed by atoms with E-state index in [1.165, 1.54) is 12.1 Å². The molecule has 0 saturated carbocycles. The molecule has 0 spiro atoms. The molecule has 3 nitrogen and oxygen atoms in total. The van der Waals surface area contributed by atoms with Gasteiger partial charge in [0, 0.05) is 23.5 Å². The summed E-state index contributed by atoms with van der Waals surface area (Å²) >= 11 is 3.30. The Morgan fingerprint density at radius 1 is 1.59 bits per heavy atom. The molecular weight excluding hydrogens is 287 g/mol. The molecule has 3 N–H and O–H groups in total. The largest absolute Gasteiger partial charge is 0.352 e. The number of nitrogens with two attached hydrogens (primary N) is 1. The smallest absolute Gasteiger partial charge is 0.220 e. The van der Waals surface area contributed by atoms with Crippen molar-refractivity contribution in [2.45, 2.75) is 32.4 Å². The van der Waals surface area contributed by atoms with Crippen molar-refractivity contribution in [3.63, 3.8) is 0 Å². The molecule has 5 heteroatoms. The second kappa shape index (κ2) is 6.71. The Morgan fingerprint density at radius 3 is 2.94 bits per heavy atom. The number of carbonyl (C=O) groups excluding carboxylic acids is 1. The van der Waals surface area contributed by atoms with Crippen LogP contribution >= 0.6 is 15.9 Å². The molecule has 0 heterocycles. The third-order valence-corrected chi connectivity index (χ3v) is 3.08. The lowest BCUT2D eigenvalue weighted by Crippen LogP contribution is -2.25. The van der Waals surface area contributed by atoms with E-state index in [0.29, 0.717) is 19.4 Å². The van der Waals surface area contributed by atoms with Crippen molar-refractivity contribution in [2.24, 2.45) is 5.73 Å². The van der Waals surface area contributed by atoms with Crippen molar-refractivity contribution in [3.8, 4) is 0 Å². The average molecular weight is 303 g/mol. The second-order valence-electron chi connectivity index (χ2n) is 4.03. The zero-order chi connectivity index (χ0) is 12.8. The summed E-state index contributed by atoms with van der Waals surface area (Å²) in [6, 6.07) is 4.40. The molecule has 0 bridgehead atoms. The maximum absolute atomic E-state index is 13.0. The van der Waals surface area contributed by atoms with Crippen molar-refractivity contribution < 1.29 is 9.18 Å². The van der Waals surface area contributed by atoms with E-state index in [1.54, 1.807) is 6.07 Å². The molecule has 1 amide bonds. The van der Waals surface area contributed by atoms with Crippen LogP contribution in [-0.2, 0) is 11.3 Å². The molecule has 0 aliphatic heterocycles. The van der Waals surface area contributed by atoms with Gasteiger partial charge in [-0.25, -0.2) is 4.39 Å². The normalized spacial score (nSPS) is 12.2. The number of amides is 1. The minimum atomic E-state index is -0.312. The Kier molecular flexibility index (Phi) is 5.58. The fourth-order valence-corrected chi connectivity index (χ4v) is 1.71. The summed E-state index contributed by atoms with van der Waals surface area (Å²) in [4.78, 5) is 11.4. The van der Waals surface area contributed by atoms with E-state index >= 15 is 0 Å². The molecule has 1 aromatic rings. The van der Waals surface area contributed by atoms with Crippen LogP contribution in [0, 0.1) is 5.82 Å². The molecule has 0 aliphatic carbocycles. The van der Waals surface area contributed by atoms with Crippen LogP contribution in [0.25, 0.3) is 0 Å². The number of rotatable bonds is 5. The van der Waals surface area contributed by atoms with E-state index in [0.717, 1.165) is 10.0 Å². The minimum absolute atomic E-state index is 0.0154. The number of carbonyl (C=O) groups is 1. The van der Waals surface area contributed by atoms with Crippen molar-refractivity contribution >= 4 is 21.8 Å². The van der Waals surface area contributed by atoms with E-state index in [-0.39, 0.29) is 17.8 Å². The van der Waals surface area contributed by atoms with Crippen LogP contribution in [-0.4, -0.2) is 11.9 Å². The molecule has 0 saturated heterocycles. The van der Waals surface area contributed by atoms with E-state index in [1.807, 2.05) is 6.92 Å². The van der Waals surface area contributed by atoms with Crippen LogP contribution in [0.4, 0.5) is 4.39 Å². The molecule has 1 rings (SSSR count).